The van der Waals surface area contributed by atoms with Crippen LogP contribution in [-0.2, 0) is 4.79 Å². The number of halogens is 2. The lowest BCUT2D eigenvalue weighted by Crippen LogP contribution is -2.37. The summed E-state index contributed by atoms with van der Waals surface area (Å²) < 4.78 is 26.8. The Morgan fingerprint density at radius 2 is 1.88 bits per heavy atom. The Morgan fingerprint density at radius 1 is 1.16 bits per heavy atom. The minimum absolute atomic E-state index is 0.0949. The largest absolute Gasteiger partial charge is 0.326 e. The van der Waals surface area contributed by atoms with Gasteiger partial charge in [-0.3, -0.25) is 9.69 Å². The van der Waals surface area contributed by atoms with Crippen LogP contribution in [0, 0.1) is 18.6 Å². The monoisotopic (exact) mass is 342 g/mol. The summed E-state index contributed by atoms with van der Waals surface area (Å²) in [5, 5.41) is 2.66. The van der Waals surface area contributed by atoms with E-state index in [-0.39, 0.29) is 12.2 Å². The average molecular weight is 342 g/mol. The van der Waals surface area contributed by atoms with Crippen LogP contribution in [-0.4, -0.2) is 16.7 Å². The van der Waals surface area contributed by atoms with Gasteiger partial charge in [0.1, 0.15) is 11.6 Å². The van der Waals surface area contributed by atoms with Gasteiger partial charge in [-0.15, -0.1) is 0 Å². The van der Waals surface area contributed by atoms with Gasteiger partial charge in [0.2, 0.25) is 0 Å². The van der Waals surface area contributed by atoms with Gasteiger partial charge in [-0.25, -0.2) is 13.6 Å². The van der Waals surface area contributed by atoms with E-state index in [2.05, 4.69) is 5.32 Å². The number of rotatable bonds is 2. The zero-order chi connectivity index (χ0) is 18.0. The molecular weight excluding hydrogens is 326 g/mol. The van der Waals surface area contributed by atoms with Gasteiger partial charge >= 0.3 is 6.03 Å². The first-order chi connectivity index (χ1) is 12.0. The maximum atomic E-state index is 13.6. The minimum atomic E-state index is -0.549. The van der Waals surface area contributed by atoms with Crippen molar-refractivity contribution in [3.63, 3.8) is 0 Å². The van der Waals surface area contributed by atoms with Gasteiger partial charge in [-0.1, -0.05) is 18.2 Å². The number of nitrogens with one attached hydrogen (secondary N) is 1. The number of hydrogen-bond acceptors (Lipinski definition) is 2. The number of nitrogens with zero attached hydrogens (tertiary/aromatic N) is 1. The lowest BCUT2D eigenvalue weighted by Gasteiger charge is -2.31. The second-order valence-electron chi connectivity index (χ2n) is 5.80. The van der Waals surface area contributed by atoms with Crippen molar-refractivity contribution in [2.45, 2.75) is 19.4 Å². The number of carbonyl (C=O) groups is 2. The van der Waals surface area contributed by atoms with Crippen molar-refractivity contribution in [1.82, 2.24) is 4.90 Å². The fraction of sp³-hybridized carbons (Fsp3) is 0.158. The number of amides is 2. The SMILES string of the molecule is Cc1c(F)cccc1NC(=O)N1C=CC(=O)CC1c1ccc(F)cc1. The Bertz CT molecular complexity index is 847. The summed E-state index contributed by atoms with van der Waals surface area (Å²) in [4.78, 5) is 25.8. The Balaban J connectivity index is 1.88. The molecule has 0 bridgehead atoms. The smallest absolute Gasteiger partial charge is 0.307 e. The third-order valence-electron chi connectivity index (χ3n) is 4.15. The Kier molecular flexibility index (Phi) is 4.61. The maximum absolute atomic E-state index is 13.6. The predicted octanol–water partition coefficient (Wildman–Crippen LogP) is 4.33. The second-order valence-corrected chi connectivity index (χ2v) is 5.80. The van der Waals surface area contributed by atoms with Crippen molar-refractivity contribution in [3.05, 3.63) is 77.5 Å². The molecule has 0 saturated carbocycles. The van der Waals surface area contributed by atoms with E-state index >= 15 is 0 Å². The molecule has 1 N–H and O–H groups in total. The number of hydrogen-bond donors (Lipinski definition) is 1. The number of anilines is 1. The number of allylic oxidation sites excluding steroid dienone is 1. The Hall–Kier alpha value is -3.02. The molecule has 0 saturated heterocycles. The van der Waals surface area contributed by atoms with E-state index in [0.717, 1.165) is 0 Å². The highest BCUT2D eigenvalue weighted by molar-refractivity contribution is 5.96. The zero-order valence-corrected chi connectivity index (χ0v) is 13.5. The molecule has 1 unspecified atom stereocenters. The van der Waals surface area contributed by atoms with Crippen LogP contribution in [0.1, 0.15) is 23.6 Å². The van der Waals surface area contributed by atoms with Gasteiger partial charge in [-0.05, 0) is 42.8 Å². The third kappa shape index (κ3) is 3.57. The van der Waals surface area contributed by atoms with E-state index in [0.29, 0.717) is 16.8 Å². The lowest BCUT2D eigenvalue weighted by molar-refractivity contribution is -0.116. The highest BCUT2D eigenvalue weighted by Gasteiger charge is 2.29. The van der Waals surface area contributed by atoms with Crippen LogP contribution >= 0.6 is 0 Å². The van der Waals surface area contributed by atoms with E-state index < -0.39 is 23.7 Å². The molecule has 6 heteroatoms. The predicted molar refractivity (Wildman–Crippen MR) is 89.9 cm³/mol. The standard InChI is InChI=1S/C19H16F2N2O2/c1-12-16(21)3-2-4-17(12)22-19(25)23-10-9-15(24)11-18(23)13-5-7-14(20)8-6-13/h2-10,18H,11H2,1H3,(H,22,25). The molecule has 128 valence electrons. The average Bonchev–Trinajstić information content (AvgIpc) is 2.59. The van der Waals surface area contributed by atoms with Crippen LogP contribution < -0.4 is 5.32 Å². The number of carbonyl (C=O) groups excluding carboxylic acids is 2. The maximum Gasteiger partial charge on any atom is 0.326 e. The third-order valence-corrected chi connectivity index (χ3v) is 4.15. The van der Waals surface area contributed by atoms with Crippen molar-refractivity contribution < 1.29 is 18.4 Å². The Morgan fingerprint density at radius 3 is 2.60 bits per heavy atom. The van der Waals surface area contributed by atoms with Crippen LogP contribution in [0.3, 0.4) is 0 Å². The van der Waals surface area contributed by atoms with E-state index in [1.807, 2.05) is 0 Å². The number of benzene rings is 2. The fourth-order valence-electron chi connectivity index (χ4n) is 2.72. The highest BCUT2D eigenvalue weighted by Crippen LogP contribution is 2.29. The molecule has 3 rings (SSSR count). The molecule has 0 aliphatic carbocycles. The van der Waals surface area contributed by atoms with Crippen LogP contribution in [0.2, 0.25) is 0 Å². The van der Waals surface area contributed by atoms with Gasteiger partial charge in [0.25, 0.3) is 0 Å². The van der Waals surface area contributed by atoms with Crippen LogP contribution in [0.15, 0.2) is 54.7 Å². The van der Waals surface area contributed by atoms with Gasteiger partial charge in [-0.2, -0.15) is 0 Å². The minimum Gasteiger partial charge on any atom is -0.307 e. The first-order valence-corrected chi connectivity index (χ1v) is 7.76. The van der Waals surface area contributed by atoms with Crippen LogP contribution in [0.25, 0.3) is 0 Å². The van der Waals surface area contributed by atoms with Crippen molar-refractivity contribution in [1.29, 1.82) is 0 Å². The van der Waals surface area contributed by atoms with E-state index in [4.69, 9.17) is 0 Å². The van der Waals surface area contributed by atoms with Gasteiger partial charge in [0.05, 0.1) is 6.04 Å². The molecule has 0 spiro atoms. The molecule has 1 atom stereocenters. The summed E-state index contributed by atoms with van der Waals surface area (Å²) in [6.45, 7) is 1.57. The lowest BCUT2D eigenvalue weighted by atomic mass is 9.97. The molecule has 0 aromatic heterocycles. The molecule has 2 aromatic carbocycles. The molecule has 25 heavy (non-hydrogen) atoms. The summed E-state index contributed by atoms with van der Waals surface area (Å²) in [5.74, 6) is -0.939. The first kappa shape index (κ1) is 16.8. The molecule has 2 aromatic rings. The van der Waals surface area contributed by atoms with Crippen molar-refractivity contribution >= 4 is 17.5 Å². The summed E-state index contributed by atoms with van der Waals surface area (Å²) >= 11 is 0. The number of urea groups is 1. The molecule has 0 radical (unpaired) electrons. The topological polar surface area (TPSA) is 49.4 Å². The summed E-state index contributed by atoms with van der Waals surface area (Å²) in [7, 11) is 0. The summed E-state index contributed by atoms with van der Waals surface area (Å²) in [5.41, 5.74) is 1.32. The van der Waals surface area contributed by atoms with Gasteiger partial charge < -0.3 is 5.32 Å². The molecule has 1 aliphatic heterocycles. The van der Waals surface area contributed by atoms with E-state index in [1.165, 1.54) is 41.4 Å². The number of ketones is 1. The van der Waals surface area contributed by atoms with Crippen molar-refractivity contribution in [2.75, 3.05) is 5.32 Å². The second kappa shape index (κ2) is 6.84. The molecule has 0 fully saturated rings. The quantitative estimate of drug-likeness (QED) is 0.883. The van der Waals surface area contributed by atoms with Crippen LogP contribution in [0.5, 0.6) is 0 Å². The van der Waals surface area contributed by atoms with Gasteiger partial charge in [0, 0.05) is 23.9 Å². The molecule has 2 amide bonds. The summed E-state index contributed by atoms with van der Waals surface area (Å²) in [6.07, 6.45) is 2.81. The Labute approximate surface area is 143 Å². The first-order valence-electron chi connectivity index (χ1n) is 7.76. The fourth-order valence-corrected chi connectivity index (χ4v) is 2.72. The van der Waals surface area contributed by atoms with Crippen molar-refractivity contribution in [3.8, 4) is 0 Å². The molecule has 4 nitrogen and oxygen atoms in total. The van der Waals surface area contributed by atoms with Crippen molar-refractivity contribution in [2.24, 2.45) is 0 Å². The van der Waals surface area contributed by atoms with E-state index in [9.17, 15) is 18.4 Å². The highest BCUT2D eigenvalue weighted by atomic mass is 19.1. The molecule has 1 heterocycles. The van der Waals surface area contributed by atoms with Crippen LogP contribution in [0.4, 0.5) is 19.3 Å². The zero-order valence-electron chi connectivity index (χ0n) is 13.5. The molecular formula is C19H16F2N2O2. The van der Waals surface area contributed by atoms with E-state index in [1.54, 1.807) is 25.1 Å². The molecule has 1 aliphatic rings. The van der Waals surface area contributed by atoms with Gasteiger partial charge in [0.15, 0.2) is 5.78 Å². The summed E-state index contributed by atoms with van der Waals surface area (Å²) in [6, 6.07) is 9.02. The normalized spacial score (nSPS) is 16.8.